The van der Waals surface area contributed by atoms with Crippen LogP contribution in [-0.4, -0.2) is 24.7 Å². The summed E-state index contributed by atoms with van der Waals surface area (Å²) in [6, 6.07) is 5.74. The molecule has 17 heavy (non-hydrogen) atoms. The van der Waals surface area contributed by atoms with E-state index in [4.69, 9.17) is 16.3 Å². The first-order valence-electron chi connectivity index (χ1n) is 5.77. The van der Waals surface area contributed by atoms with E-state index < -0.39 is 0 Å². The van der Waals surface area contributed by atoms with Crippen molar-refractivity contribution in [3.8, 4) is 5.75 Å². The molecule has 0 amide bonds. The van der Waals surface area contributed by atoms with Crippen LogP contribution in [0.3, 0.4) is 0 Å². The number of rotatable bonds is 6. The van der Waals surface area contributed by atoms with Crippen LogP contribution >= 0.6 is 23.4 Å². The molecule has 0 unspecified atom stereocenters. The molecule has 4 heteroatoms. The molecule has 94 valence electrons. The summed E-state index contributed by atoms with van der Waals surface area (Å²) in [5.41, 5.74) is 1.12. The van der Waals surface area contributed by atoms with Crippen molar-refractivity contribution in [3.63, 3.8) is 0 Å². The summed E-state index contributed by atoms with van der Waals surface area (Å²) >= 11 is 7.96. The van der Waals surface area contributed by atoms with Gasteiger partial charge in [-0.1, -0.05) is 11.6 Å². The van der Waals surface area contributed by atoms with Gasteiger partial charge in [-0.05, 0) is 37.3 Å². The molecule has 1 aliphatic carbocycles. The van der Waals surface area contributed by atoms with Crippen molar-refractivity contribution in [2.24, 2.45) is 0 Å². The van der Waals surface area contributed by atoms with E-state index in [-0.39, 0.29) is 0 Å². The second kappa shape index (κ2) is 5.51. The largest absolute Gasteiger partial charge is 0.496 e. The molecule has 1 fully saturated rings. The molecule has 0 aliphatic heterocycles. The Balaban J connectivity index is 1.91. The number of ether oxygens (including phenoxy) is 1. The van der Waals surface area contributed by atoms with Crippen LogP contribution in [0.15, 0.2) is 18.2 Å². The fourth-order valence-corrected chi connectivity index (χ4v) is 2.85. The summed E-state index contributed by atoms with van der Waals surface area (Å²) in [6.45, 7) is 1.87. The zero-order valence-electron chi connectivity index (χ0n) is 10.3. The molecular weight excluding hydrogens is 254 g/mol. The molecule has 1 aromatic rings. The molecule has 0 saturated heterocycles. The van der Waals surface area contributed by atoms with Gasteiger partial charge in [0.15, 0.2) is 0 Å². The van der Waals surface area contributed by atoms with Crippen LogP contribution < -0.4 is 10.1 Å². The Kier molecular flexibility index (Phi) is 4.23. The molecule has 1 aliphatic rings. The van der Waals surface area contributed by atoms with Gasteiger partial charge < -0.3 is 10.1 Å². The zero-order valence-corrected chi connectivity index (χ0v) is 11.8. The smallest absolute Gasteiger partial charge is 0.123 e. The van der Waals surface area contributed by atoms with Crippen LogP contribution in [0.25, 0.3) is 0 Å². The predicted octanol–water partition coefficient (Wildman–Crippen LogP) is 3.33. The molecule has 0 spiro atoms. The highest BCUT2D eigenvalue weighted by atomic mass is 35.5. The number of hydrogen-bond donors (Lipinski definition) is 1. The lowest BCUT2D eigenvalue weighted by molar-refractivity contribution is 0.407. The Hall–Kier alpha value is -0.380. The third kappa shape index (κ3) is 3.30. The van der Waals surface area contributed by atoms with E-state index in [1.54, 1.807) is 7.11 Å². The molecule has 0 bridgehead atoms. The summed E-state index contributed by atoms with van der Waals surface area (Å²) in [6.07, 6.45) is 4.84. The van der Waals surface area contributed by atoms with Gasteiger partial charge in [-0.15, -0.1) is 0 Å². The van der Waals surface area contributed by atoms with E-state index in [0.717, 1.165) is 29.4 Å². The van der Waals surface area contributed by atoms with E-state index >= 15 is 0 Å². The first kappa shape index (κ1) is 13.1. The van der Waals surface area contributed by atoms with Crippen molar-refractivity contribution >= 4 is 23.4 Å². The lowest BCUT2D eigenvalue weighted by Crippen LogP contribution is -2.25. The monoisotopic (exact) mass is 271 g/mol. The Labute approximate surface area is 112 Å². The highest BCUT2D eigenvalue weighted by molar-refractivity contribution is 8.00. The van der Waals surface area contributed by atoms with Crippen molar-refractivity contribution in [1.29, 1.82) is 0 Å². The van der Waals surface area contributed by atoms with Crippen molar-refractivity contribution in [1.82, 2.24) is 5.32 Å². The van der Waals surface area contributed by atoms with Gasteiger partial charge in [-0.2, -0.15) is 11.8 Å². The Morgan fingerprint density at radius 1 is 1.47 bits per heavy atom. The standard InChI is InChI=1S/C13H18ClNOS/c1-16-12-4-3-11(14)7-10(12)8-15-9-13(17-2)5-6-13/h3-4,7,15H,5-6,8-9H2,1-2H3. The molecule has 2 rings (SSSR count). The Morgan fingerprint density at radius 3 is 2.82 bits per heavy atom. The minimum absolute atomic E-state index is 0.492. The molecule has 0 atom stereocenters. The van der Waals surface area contributed by atoms with Gasteiger partial charge in [0, 0.05) is 28.4 Å². The second-order valence-electron chi connectivity index (χ2n) is 4.45. The van der Waals surface area contributed by atoms with Crippen LogP contribution in [0.4, 0.5) is 0 Å². The van der Waals surface area contributed by atoms with E-state index in [0.29, 0.717) is 4.75 Å². The maximum absolute atomic E-state index is 5.99. The Morgan fingerprint density at radius 2 is 2.24 bits per heavy atom. The normalized spacial score (nSPS) is 16.9. The molecule has 1 aromatic carbocycles. The summed E-state index contributed by atoms with van der Waals surface area (Å²) < 4.78 is 5.81. The van der Waals surface area contributed by atoms with E-state index in [1.807, 2.05) is 30.0 Å². The van der Waals surface area contributed by atoms with Gasteiger partial charge in [0.2, 0.25) is 0 Å². The lowest BCUT2D eigenvalue weighted by Gasteiger charge is -2.14. The van der Waals surface area contributed by atoms with Crippen LogP contribution in [-0.2, 0) is 6.54 Å². The van der Waals surface area contributed by atoms with Crippen LogP contribution in [0.5, 0.6) is 5.75 Å². The molecule has 0 aromatic heterocycles. The number of methoxy groups -OCH3 is 1. The van der Waals surface area contributed by atoms with Gasteiger partial charge >= 0.3 is 0 Å². The number of benzene rings is 1. The summed E-state index contributed by atoms with van der Waals surface area (Å²) in [5, 5.41) is 4.26. The van der Waals surface area contributed by atoms with Crippen molar-refractivity contribution in [3.05, 3.63) is 28.8 Å². The number of nitrogens with one attached hydrogen (secondary N) is 1. The first-order valence-corrected chi connectivity index (χ1v) is 7.38. The number of hydrogen-bond acceptors (Lipinski definition) is 3. The minimum Gasteiger partial charge on any atom is -0.496 e. The van der Waals surface area contributed by atoms with E-state index in [2.05, 4.69) is 11.6 Å². The Bertz CT molecular complexity index is 393. The average molecular weight is 272 g/mol. The van der Waals surface area contributed by atoms with Gasteiger partial charge in [0.25, 0.3) is 0 Å². The summed E-state index contributed by atoms with van der Waals surface area (Å²) in [5.74, 6) is 0.899. The summed E-state index contributed by atoms with van der Waals surface area (Å²) in [4.78, 5) is 0. The third-order valence-electron chi connectivity index (χ3n) is 3.25. The molecule has 1 saturated carbocycles. The molecule has 1 N–H and O–H groups in total. The molecular formula is C13H18ClNOS. The summed E-state index contributed by atoms with van der Waals surface area (Å²) in [7, 11) is 1.69. The molecule has 0 radical (unpaired) electrons. The van der Waals surface area contributed by atoms with Crippen LogP contribution in [0.2, 0.25) is 5.02 Å². The van der Waals surface area contributed by atoms with E-state index in [9.17, 15) is 0 Å². The number of thioether (sulfide) groups is 1. The van der Waals surface area contributed by atoms with E-state index in [1.165, 1.54) is 12.8 Å². The average Bonchev–Trinajstić information content (AvgIpc) is 3.10. The zero-order chi connectivity index (χ0) is 12.3. The van der Waals surface area contributed by atoms with Crippen molar-refractivity contribution in [2.45, 2.75) is 24.1 Å². The van der Waals surface area contributed by atoms with Gasteiger partial charge in [0.1, 0.15) is 5.75 Å². The third-order valence-corrected chi connectivity index (χ3v) is 4.90. The minimum atomic E-state index is 0.492. The molecule has 2 nitrogen and oxygen atoms in total. The highest BCUT2D eigenvalue weighted by Crippen LogP contribution is 2.46. The van der Waals surface area contributed by atoms with Crippen LogP contribution in [0.1, 0.15) is 18.4 Å². The fraction of sp³-hybridized carbons (Fsp3) is 0.538. The SMILES string of the molecule is COc1ccc(Cl)cc1CNCC1(SC)CC1. The van der Waals surface area contributed by atoms with Crippen molar-refractivity contribution in [2.75, 3.05) is 19.9 Å². The fourth-order valence-electron chi connectivity index (χ4n) is 1.90. The number of halogens is 1. The topological polar surface area (TPSA) is 21.3 Å². The predicted molar refractivity (Wildman–Crippen MR) is 75.2 cm³/mol. The maximum atomic E-state index is 5.99. The van der Waals surface area contributed by atoms with Gasteiger partial charge in [-0.3, -0.25) is 0 Å². The van der Waals surface area contributed by atoms with Gasteiger partial charge in [-0.25, -0.2) is 0 Å². The quantitative estimate of drug-likeness (QED) is 0.858. The second-order valence-corrected chi connectivity index (χ2v) is 6.16. The lowest BCUT2D eigenvalue weighted by atomic mass is 10.2. The van der Waals surface area contributed by atoms with Crippen molar-refractivity contribution < 1.29 is 4.74 Å². The first-order chi connectivity index (χ1) is 8.19. The maximum Gasteiger partial charge on any atom is 0.123 e. The van der Waals surface area contributed by atoms with Crippen LogP contribution in [0, 0.1) is 0 Å². The molecule has 0 heterocycles. The van der Waals surface area contributed by atoms with Gasteiger partial charge in [0.05, 0.1) is 7.11 Å². The highest BCUT2D eigenvalue weighted by Gasteiger charge is 2.41.